The van der Waals surface area contributed by atoms with Crippen LogP contribution in [0.4, 0.5) is 11.5 Å². The van der Waals surface area contributed by atoms with Crippen molar-refractivity contribution in [3.05, 3.63) is 52.7 Å². The smallest absolute Gasteiger partial charge is 0.341 e. The van der Waals surface area contributed by atoms with Gasteiger partial charge in [0.1, 0.15) is 5.82 Å². The molecule has 6 nitrogen and oxygen atoms in total. The molecule has 1 atom stereocenters. The lowest BCUT2D eigenvalue weighted by molar-refractivity contribution is -0.123. The second-order valence-corrected chi connectivity index (χ2v) is 5.37. The van der Waals surface area contributed by atoms with Crippen molar-refractivity contribution >= 4 is 35.0 Å². The molecule has 0 bridgehead atoms. The molecule has 0 aliphatic heterocycles. The monoisotopic (exact) mass is 333 g/mol. The molecule has 120 valence electrons. The summed E-state index contributed by atoms with van der Waals surface area (Å²) in [7, 11) is 0. The fourth-order valence-electron chi connectivity index (χ4n) is 1.81. The average molecular weight is 334 g/mol. The van der Waals surface area contributed by atoms with Gasteiger partial charge in [-0.25, -0.2) is 9.78 Å². The molecule has 0 unspecified atom stereocenters. The zero-order valence-corrected chi connectivity index (χ0v) is 13.4. The number of para-hydroxylation sites is 1. The number of aromatic nitrogens is 1. The lowest BCUT2D eigenvalue weighted by atomic mass is 10.1. The number of hydrogen-bond donors (Lipinski definition) is 2. The van der Waals surface area contributed by atoms with E-state index in [9.17, 15) is 9.59 Å². The Kier molecular flexibility index (Phi) is 5.18. The maximum Gasteiger partial charge on any atom is 0.341 e. The van der Waals surface area contributed by atoms with Crippen LogP contribution in [0.5, 0.6) is 0 Å². The van der Waals surface area contributed by atoms with Gasteiger partial charge in [0.25, 0.3) is 5.91 Å². The van der Waals surface area contributed by atoms with E-state index in [1.807, 2.05) is 0 Å². The second-order valence-electron chi connectivity index (χ2n) is 4.93. The fourth-order valence-corrected chi connectivity index (χ4v) is 1.93. The number of ether oxygens (including phenoxy) is 1. The van der Waals surface area contributed by atoms with Crippen molar-refractivity contribution < 1.29 is 14.3 Å². The average Bonchev–Trinajstić information content (AvgIpc) is 2.52. The molecule has 1 heterocycles. The first kappa shape index (κ1) is 16.8. The zero-order valence-electron chi connectivity index (χ0n) is 12.7. The standard InChI is InChI=1S/C16H16ClN3O3/c1-9-4-3-5-12(14(9)18)16(22)23-10(2)15(21)20-13-7-6-11(17)8-19-13/h3-8,10H,18H2,1-2H3,(H,19,20,21)/t10-/m1/s1. The van der Waals surface area contributed by atoms with E-state index < -0.39 is 18.0 Å². The molecule has 1 aromatic carbocycles. The molecule has 2 rings (SSSR count). The van der Waals surface area contributed by atoms with Crippen molar-refractivity contribution in [2.45, 2.75) is 20.0 Å². The molecular weight excluding hydrogens is 318 g/mol. The minimum atomic E-state index is -1.00. The van der Waals surface area contributed by atoms with E-state index in [0.717, 1.165) is 5.56 Å². The Morgan fingerprint density at radius 2 is 2.04 bits per heavy atom. The Bertz CT molecular complexity index is 732. The first-order chi connectivity index (χ1) is 10.9. The van der Waals surface area contributed by atoms with Crippen LogP contribution in [0, 0.1) is 6.92 Å². The van der Waals surface area contributed by atoms with Crippen LogP contribution in [0.1, 0.15) is 22.8 Å². The van der Waals surface area contributed by atoms with Crippen LogP contribution < -0.4 is 11.1 Å². The molecule has 0 aliphatic carbocycles. The number of aryl methyl sites for hydroxylation is 1. The number of carbonyl (C=O) groups excluding carboxylic acids is 2. The molecule has 0 aliphatic rings. The summed E-state index contributed by atoms with van der Waals surface area (Å²) >= 11 is 5.72. The van der Waals surface area contributed by atoms with Crippen molar-refractivity contribution in [2.75, 3.05) is 11.1 Å². The number of nitrogen functional groups attached to an aromatic ring is 1. The quantitative estimate of drug-likeness (QED) is 0.662. The van der Waals surface area contributed by atoms with Gasteiger partial charge in [0.2, 0.25) is 0 Å². The van der Waals surface area contributed by atoms with Crippen molar-refractivity contribution in [2.24, 2.45) is 0 Å². The highest BCUT2D eigenvalue weighted by atomic mass is 35.5. The molecule has 0 radical (unpaired) electrons. The summed E-state index contributed by atoms with van der Waals surface area (Å²) in [5.41, 5.74) is 7.18. The number of benzene rings is 1. The Hall–Kier alpha value is -2.60. The predicted octanol–water partition coefficient (Wildman–Crippen LogP) is 2.81. The first-order valence-corrected chi connectivity index (χ1v) is 7.24. The molecule has 0 saturated heterocycles. The van der Waals surface area contributed by atoms with E-state index in [0.29, 0.717) is 16.5 Å². The maximum atomic E-state index is 12.1. The third kappa shape index (κ3) is 4.20. The van der Waals surface area contributed by atoms with Crippen molar-refractivity contribution in [1.29, 1.82) is 0 Å². The van der Waals surface area contributed by atoms with E-state index in [2.05, 4.69) is 10.3 Å². The van der Waals surface area contributed by atoms with E-state index in [1.54, 1.807) is 37.3 Å². The van der Waals surface area contributed by atoms with Gasteiger partial charge in [-0.05, 0) is 37.6 Å². The van der Waals surface area contributed by atoms with Crippen LogP contribution in [0.3, 0.4) is 0 Å². The number of anilines is 2. The third-order valence-corrected chi connectivity index (χ3v) is 3.40. The number of amides is 1. The van der Waals surface area contributed by atoms with Gasteiger partial charge >= 0.3 is 5.97 Å². The summed E-state index contributed by atoms with van der Waals surface area (Å²) in [5, 5.41) is 2.99. The number of nitrogens with two attached hydrogens (primary N) is 1. The molecule has 7 heteroatoms. The molecule has 0 fully saturated rings. The number of rotatable bonds is 4. The number of halogens is 1. The van der Waals surface area contributed by atoms with Gasteiger partial charge in [0.05, 0.1) is 10.6 Å². The van der Waals surface area contributed by atoms with Crippen LogP contribution in [-0.2, 0) is 9.53 Å². The molecule has 3 N–H and O–H groups in total. The van der Waals surface area contributed by atoms with Crippen LogP contribution in [0.2, 0.25) is 5.02 Å². The fraction of sp³-hybridized carbons (Fsp3) is 0.188. The van der Waals surface area contributed by atoms with Gasteiger partial charge in [0, 0.05) is 11.9 Å². The second kappa shape index (κ2) is 7.11. The predicted molar refractivity (Wildman–Crippen MR) is 88.3 cm³/mol. The summed E-state index contributed by atoms with van der Waals surface area (Å²) in [4.78, 5) is 28.1. The molecule has 0 spiro atoms. The molecule has 2 aromatic rings. The Labute approximate surface area is 138 Å². The Morgan fingerprint density at radius 1 is 1.30 bits per heavy atom. The summed E-state index contributed by atoms with van der Waals surface area (Å²) < 4.78 is 5.15. The largest absolute Gasteiger partial charge is 0.449 e. The summed E-state index contributed by atoms with van der Waals surface area (Å²) in [5.74, 6) is -0.838. The molecule has 23 heavy (non-hydrogen) atoms. The number of hydrogen-bond acceptors (Lipinski definition) is 5. The molecule has 1 aromatic heterocycles. The van der Waals surface area contributed by atoms with Gasteiger partial charge in [-0.1, -0.05) is 23.7 Å². The van der Waals surface area contributed by atoms with E-state index in [4.69, 9.17) is 22.1 Å². The van der Waals surface area contributed by atoms with Crippen LogP contribution in [-0.4, -0.2) is 23.0 Å². The normalized spacial score (nSPS) is 11.6. The summed E-state index contributed by atoms with van der Waals surface area (Å²) in [6.45, 7) is 3.25. The summed E-state index contributed by atoms with van der Waals surface area (Å²) in [6, 6.07) is 8.18. The lowest BCUT2D eigenvalue weighted by Crippen LogP contribution is -2.30. The van der Waals surface area contributed by atoms with Crippen LogP contribution in [0.25, 0.3) is 0 Å². The maximum absolute atomic E-state index is 12.1. The SMILES string of the molecule is Cc1cccc(C(=O)O[C@H](C)C(=O)Nc2ccc(Cl)cn2)c1N. The minimum absolute atomic E-state index is 0.231. The molecule has 0 saturated carbocycles. The Balaban J connectivity index is 2.01. The third-order valence-electron chi connectivity index (χ3n) is 3.18. The van der Waals surface area contributed by atoms with Crippen molar-refractivity contribution in [1.82, 2.24) is 4.98 Å². The Morgan fingerprint density at radius 3 is 2.70 bits per heavy atom. The van der Waals surface area contributed by atoms with Gasteiger partial charge in [0.15, 0.2) is 6.10 Å². The van der Waals surface area contributed by atoms with E-state index in [1.165, 1.54) is 13.1 Å². The van der Waals surface area contributed by atoms with Crippen LogP contribution in [0.15, 0.2) is 36.5 Å². The summed E-state index contributed by atoms with van der Waals surface area (Å²) in [6.07, 6.45) is 0.404. The van der Waals surface area contributed by atoms with E-state index in [-0.39, 0.29) is 5.56 Å². The van der Waals surface area contributed by atoms with Crippen LogP contribution >= 0.6 is 11.6 Å². The number of carbonyl (C=O) groups is 2. The number of nitrogens with zero attached hydrogens (tertiary/aromatic N) is 1. The first-order valence-electron chi connectivity index (χ1n) is 6.87. The van der Waals surface area contributed by atoms with E-state index >= 15 is 0 Å². The van der Waals surface area contributed by atoms with Gasteiger partial charge < -0.3 is 15.8 Å². The highest BCUT2D eigenvalue weighted by molar-refractivity contribution is 6.30. The van der Waals surface area contributed by atoms with Gasteiger partial charge in [-0.2, -0.15) is 0 Å². The lowest BCUT2D eigenvalue weighted by Gasteiger charge is -2.14. The molecule has 1 amide bonds. The topological polar surface area (TPSA) is 94.3 Å². The van der Waals surface area contributed by atoms with Gasteiger partial charge in [-0.15, -0.1) is 0 Å². The van der Waals surface area contributed by atoms with Crippen molar-refractivity contribution in [3.63, 3.8) is 0 Å². The number of esters is 1. The molecular formula is C16H16ClN3O3. The minimum Gasteiger partial charge on any atom is -0.449 e. The zero-order chi connectivity index (χ0) is 17.0. The van der Waals surface area contributed by atoms with Gasteiger partial charge in [-0.3, -0.25) is 4.79 Å². The highest BCUT2D eigenvalue weighted by Gasteiger charge is 2.21. The highest BCUT2D eigenvalue weighted by Crippen LogP contribution is 2.18. The number of pyridine rings is 1. The number of nitrogens with one attached hydrogen (secondary N) is 1. The van der Waals surface area contributed by atoms with Crippen molar-refractivity contribution in [3.8, 4) is 0 Å².